The van der Waals surface area contributed by atoms with E-state index < -0.39 is 0 Å². The number of hydrogen-bond acceptors (Lipinski definition) is 3. The predicted molar refractivity (Wildman–Crippen MR) is 233 cm³/mol. The lowest BCUT2D eigenvalue weighted by Gasteiger charge is -2.62. The third kappa shape index (κ3) is 5.25. The molecule has 304 valence electrons. The van der Waals surface area contributed by atoms with Crippen molar-refractivity contribution >= 4 is 0 Å². The highest BCUT2D eigenvalue weighted by Crippen LogP contribution is 2.74. The van der Waals surface area contributed by atoms with E-state index in [4.69, 9.17) is 9.47 Å². The predicted octanol–water partition coefficient (Wildman–Crippen LogP) is 13.0. The van der Waals surface area contributed by atoms with Gasteiger partial charge in [0.05, 0.1) is 18.2 Å². The SMILES string of the molecule is C1=CC2=C(CC1)CCC1=C2CC(N(C2=CC3=C(CC2)OC2CCCCC32)C2C=CC3C4C5=C(CCC=C5)CCC4C4(C5CCC=CC5OC5CCCCC54)C3C2)C=C1. The van der Waals surface area contributed by atoms with Gasteiger partial charge in [-0.05, 0) is 190 Å². The maximum atomic E-state index is 7.30. The van der Waals surface area contributed by atoms with E-state index in [1.54, 1.807) is 39.1 Å². The number of fused-ring (bicyclic) bond motifs is 13. The number of allylic oxidation sites excluding steroid dienone is 15. The van der Waals surface area contributed by atoms with E-state index in [0.717, 1.165) is 25.2 Å². The Morgan fingerprint density at radius 2 is 1.48 bits per heavy atom. The summed E-state index contributed by atoms with van der Waals surface area (Å²) in [6.45, 7) is 0. The van der Waals surface area contributed by atoms with Gasteiger partial charge in [0, 0.05) is 24.1 Å². The molecule has 11 aliphatic carbocycles. The number of rotatable bonds is 3. The molecule has 2 aliphatic heterocycles. The van der Waals surface area contributed by atoms with Crippen LogP contribution in [0.4, 0.5) is 0 Å². The molecule has 3 saturated carbocycles. The zero-order chi connectivity index (χ0) is 38.0. The fourth-order valence-electron chi connectivity index (χ4n) is 17.1. The van der Waals surface area contributed by atoms with E-state index in [0.29, 0.717) is 71.3 Å². The van der Waals surface area contributed by atoms with Gasteiger partial charge in [0.1, 0.15) is 11.9 Å². The van der Waals surface area contributed by atoms with Crippen LogP contribution in [0.25, 0.3) is 0 Å². The summed E-state index contributed by atoms with van der Waals surface area (Å²) in [5.74, 6) is 6.15. The van der Waals surface area contributed by atoms with Gasteiger partial charge in [0.2, 0.25) is 0 Å². The minimum absolute atomic E-state index is 0.311. The topological polar surface area (TPSA) is 21.7 Å². The van der Waals surface area contributed by atoms with Crippen LogP contribution in [0.3, 0.4) is 0 Å². The fourth-order valence-corrected chi connectivity index (χ4v) is 17.1. The molecule has 13 aliphatic rings. The van der Waals surface area contributed by atoms with Crippen LogP contribution in [0.2, 0.25) is 0 Å². The van der Waals surface area contributed by atoms with Crippen molar-refractivity contribution in [2.24, 2.45) is 46.8 Å². The Balaban J connectivity index is 0.940. The van der Waals surface area contributed by atoms with Crippen molar-refractivity contribution in [1.82, 2.24) is 4.90 Å². The van der Waals surface area contributed by atoms with Gasteiger partial charge in [-0.3, -0.25) is 0 Å². The lowest BCUT2D eigenvalue weighted by atomic mass is 9.47. The van der Waals surface area contributed by atoms with Crippen molar-refractivity contribution in [3.05, 3.63) is 117 Å². The summed E-state index contributed by atoms with van der Waals surface area (Å²) in [6, 6.07) is 0.812. The van der Waals surface area contributed by atoms with Crippen molar-refractivity contribution in [2.45, 2.75) is 172 Å². The van der Waals surface area contributed by atoms with Crippen molar-refractivity contribution in [3.8, 4) is 0 Å². The third-order valence-electron chi connectivity index (χ3n) is 19.1. The Morgan fingerprint density at radius 3 is 2.45 bits per heavy atom. The molecule has 3 heteroatoms. The first-order chi connectivity index (χ1) is 28.7. The van der Waals surface area contributed by atoms with Gasteiger partial charge in [0.15, 0.2) is 0 Å². The lowest BCUT2D eigenvalue weighted by Crippen LogP contribution is -2.61. The molecule has 0 N–H and O–H groups in total. The minimum atomic E-state index is 0.311. The Labute approximate surface area is 348 Å². The fraction of sp³-hybridized carbons (Fsp3) is 0.636. The molecule has 1 saturated heterocycles. The molecule has 13 atom stereocenters. The van der Waals surface area contributed by atoms with E-state index >= 15 is 0 Å². The van der Waals surface area contributed by atoms with Crippen LogP contribution < -0.4 is 0 Å². The average Bonchev–Trinajstić information content (AvgIpc) is 3.80. The largest absolute Gasteiger partial charge is 0.494 e. The third-order valence-corrected chi connectivity index (χ3v) is 19.1. The highest BCUT2D eigenvalue weighted by atomic mass is 16.5. The second-order valence-corrected chi connectivity index (χ2v) is 21.2. The number of nitrogens with zero attached hydrogens (tertiary/aromatic N) is 1. The summed E-state index contributed by atoms with van der Waals surface area (Å²) in [6.07, 6.45) is 58.3. The molecule has 0 amide bonds. The van der Waals surface area contributed by atoms with Crippen LogP contribution in [0, 0.1) is 46.8 Å². The molecule has 13 rings (SSSR count). The molecule has 0 radical (unpaired) electrons. The monoisotopic (exact) mass is 774 g/mol. The van der Waals surface area contributed by atoms with E-state index in [-0.39, 0.29) is 0 Å². The van der Waals surface area contributed by atoms with E-state index in [1.807, 2.05) is 5.57 Å². The van der Waals surface area contributed by atoms with Crippen molar-refractivity contribution < 1.29 is 9.47 Å². The molecule has 13 unspecified atom stereocenters. The van der Waals surface area contributed by atoms with Gasteiger partial charge in [0.25, 0.3) is 0 Å². The first-order valence-electron chi connectivity index (χ1n) is 24.8. The summed E-state index contributed by atoms with van der Waals surface area (Å²) in [7, 11) is 0. The van der Waals surface area contributed by atoms with Crippen molar-refractivity contribution in [3.63, 3.8) is 0 Å². The smallest absolute Gasteiger partial charge is 0.105 e. The summed E-state index contributed by atoms with van der Waals surface area (Å²) < 4.78 is 14.1. The zero-order valence-corrected chi connectivity index (χ0v) is 35.1. The van der Waals surface area contributed by atoms with E-state index in [1.165, 1.54) is 128 Å². The molecule has 3 nitrogen and oxygen atoms in total. The summed E-state index contributed by atoms with van der Waals surface area (Å²) in [5.41, 5.74) is 13.8. The van der Waals surface area contributed by atoms with E-state index in [2.05, 4.69) is 71.7 Å². The molecule has 0 bridgehead atoms. The highest BCUT2D eigenvalue weighted by Gasteiger charge is 2.70. The second-order valence-electron chi connectivity index (χ2n) is 21.2. The Hall–Kier alpha value is -3.04. The highest BCUT2D eigenvalue weighted by molar-refractivity contribution is 5.55. The molecule has 1 spiro atoms. The van der Waals surface area contributed by atoms with Gasteiger partial charge in [-0.25, -0.2) is 0 Å². The van der Waals surface area contributed by atoms with Crippen LogP contribution in [0.1, 0.15) is 141 Å². The zero-order valence-electron chi connectivity index (χ0n) is 35.1. The van der Waals surface area contributed by atoms with Gasteiger partial charge in [-0.15, -0.1) is 0 Å². The maximum absolute atomic E-state index is 7.30. The molecule has 2 heterocycles. The van der Waals surface area contributed by atoms with Crippen LogP contribution in [-0.4, -0.2) is 35.3 Å². The molecular weight excluding hydrogens is 707 g/mol. The maximum Gasteiger partial charge on any atom is 0.105 e. The molecule has 0 aromatic rings. The Morgan fingerprint density at radius 1 is 0.603 bits per heavy atom. The van der Waals surface area contributed by atoms with Crippen molar-refractivity contribution in [1.29, 1.82) is 0 Å². The van der Waals surface area contributed by atoms with Crippen LogP contribution in [-0.2, 0) is 9.47 Å². The molecule has 4 fully saturated rings. The van der Waals surface area contributed by atoms with Gasteiger partial charge in [-0.1, -0.05) is 91.2 Å². The average molecular weight is 774 g/mol. The first-order valence-corrected chi connectivity index (χ1v) is 24.8. The van der Waals surface area contributed by atoms with Crippen LogP contribution in [0.5, 0.6) is 0 Å². The Kier molecular flexibility index (Phi) is 8.62. The molecule has 58 heavy (non-hydrogen) atoms. The number of ether oxygens (including phenoxy) is 2. The van der Waals surface area contributed by atoms with Gasteiger partial charge < -0.3 is 14.4 Å². The Bertz CT molecular complexity index is 2060. The second kappa shape index (κ2) is 14.0. The standard InChI is InChI=1S/C55H67NO2/c1-3-13-40-34(11-1)21-22-36-23-25-37(31-44(36)40)56(38-27-30-51-45(32-38)42-15-5-8-18-50(42)57-51)39-26-28-43-49(33-39)55(48-29-24-35-12-2-4-14-41(35)54(43)48)46-16-6-9-19-52(46)58-53-20-10-7-17-47(53)55/h3-4,9,13-14,19,23,25-26,28,32,37,39,42-43,46-50,52-54H,1-2,5-8,10-12,15-18,20-22,24,27,29-31,33H2. The first kappa shape index (κ1) is 35.7. The van der Waals surface area contributed by atoms with E-state index in [9.17, 15) is 0 Å². The van der Waals surface area contributed by atoms with Gasteiger partial charge >= 0.3 is 0 Å². The van der Waals surface area contributed by atoms with Crippen LogP contribution >= 0.6 is 0 Å². The normalized spacial score (nSPS) is 44.4. The quantitative estimate of drug-likeness (QED) is 0.267. The van der Waals surface area contributed by atoms with Crippen LogP contribution in [0.15, 0.2) is 117 Å². The number of hydrogen-bond donors (Lipinski definition) is 0. The lowest BCUT2D eigenvalue weighted by molar-refractivity contribution is -0.221. The molecular formula is C55H67NO2. The summed E-state index contributed by atoms with van der Waals surface area (Å²) in [4.78, 5) is 3.06. The van der Waals surface area contributed by atoms with Crippen molar-refractivity contribution in [2.75, 3.05) is 0 Å². The molecule has 0 aromatic heterocycles. The minimum Gasteiger partial charge on any atom is -0.494 e. The van der Waals surface area contributed by atoms with Gasteiger partial charge in [-0.2, -0.15) is 0 Å². The molecule has 0 aromatic carbocycles. The summed E-state index contributed by atoms with van der Waals surface area (Å²) in [5, 5.41) is 0. The summed E-state index contributed by atoms with van der Waals surface area (Å²) >= 11 is 0.